The van der Waals surface area contributed by atoms with E-state index in [1.807, 2.05) is 6.92 Å². The highest BCUT2D eigenvalue weighted by molar-refractivity contribution is 5.80. The van der Waals surface area contributed by atoms with E-state index in [2.05, 4.69) is 15.6 Å². The molecule has 1 fully saturated rings. The summed E-state index contributed by atoms with van der Waals surface area (Å²) in [6, 6.07) is 3.92. The average Bonchev–Trinajstić information content (AvgIpc) is 2.72. The fraction of sp³-hybridized carbons (Fsp3) is 0.600. The molecule has 0 saturated carbocycles. The molecule has 2 N–H and O–H groups in total. The number of ether oxygens (including phenoxy) is 2. The Hall–Kier alpha value is -2.65. The number of nitrogens with one attached hydrogen (secondary N) is 2. The summed E-state index contributed by atoms with van der Waals surface area (Å²) < 4.78 is 50.1. The Bertz CT molecular complexity index is 732. The van der Waals surface area contributed by atoms with Gasteiger partial charge in [0, 0.05) is 25.7 Å². The molecule has 2 rings (SSSR count). The number of likely N-dealkylation sites (tertiary alicyclic amines) is 1. The normalized spacial score (nSPS) is 15.7. The Labute approximate surface area is 174 Å². The number of methoxy groups -OCH3 is 1. The molecule has 1 aliphatic rings. The summed E-state index contributed by atoms with van der Waals surface area (Å²) >= 11 is 0. The quantitative estimate of drug-likeness (QED) is 0.535. The van der Waals surface area contributed by atoms with E-state index in [0.717, 1.165) is 6.07 Å². The Balaban J connectivity index is 2.04. The van der Waals surface area contributed by atoms with Crippen molar-refractivity contribution in [3.63, 3.8) is 0 Å². The zero-order valence-corrected chi connectivity index (χ0v) is 17.5. The molecule has 0 bridgehead atoms. The zero-order valence-electron chi connectivity index (χ0n) is 17.5. The number of hydrogen-bond donors (Lipinski definition) is 2. The number of guanidine groups is 1. The fourth-order valence-electron chi connectivity index (χ4n) is 3.18. The molecule has 0 unspecified atom stereocenters. The van der Waals surface area contributed by atoms with Gasteiger partial charge in [-0.3, -0.25) is 0 Å². The number of alkyl halides is 3. The van der Waals surface area contributed by atoms with E-state index >= 15 is 0 Å². The lowest BCUT2D eigenvalue weighted by Gasteiger charge is -2.32. The van der Waals surface area contributed by atoms with Crippen LogP contribution in [-0.4, -0.2) is 56.3 Å². The summed E-state index contributed by atoms with van der Waals surface area (Å²) in [7, 11) is 1.33. The second-order valence-electron chi connectivity index (χ2n) is 6.82. The first-order valence-corrected chi connectivity index (χ1v) is 9.99. The third-order valence-corrected chi connectivity index (χ3v) is 4.74. The number of rotatable bonds is 6. The van der Waals surface area contributed by atoms with Gasteiger partial charge in [-0.05, 0) is 44.4 Å². The van der Waals surface area contributed by atoms with E-state index in [4.69, 9.17) is 9.47 Å². The fourth-order valence-corrected chi connectivity index (χ4v) is 3.18. The monoisotopic (exact) mass is 430 g/mol. The van der Waals surface area contributed by atoms with E-state index in [1.54, 1.807) is 11.8 Å². The number of halogens is 3. The van der Waals surface area contributed by atoms with Crippen molar-refractivity contribution in [2.75, 3.05) is 33.4 Å². The SMILES string of the molecule is CCNC(=NCc1ccc(OC)cc1C(F)(F)F)NC1CCN(C(=O)OCC)CC1. The van der Waals surface area contributed by atoms with Gasteiger partial charge < -0.3 is 25.0 Å². The third-order valence-electron chi connectivity index (χ3n) is 4.74. The van der Waals surface area contributed by atoms with Gasteiger partial charge in [0.1, 0.15) is 5.75 Å². The van der Waals surface area contributed by atoms with Gasteiger partial charge in [0.25, 0.3) is 0 Å². The number of hydrogen-bond acceptors (Lipinski definition) is 4. The van der Waals surface area contributed by atoms with Crippen LogP contribution in [0.5, 0.6) is 5.75 Å². The average molecular weight is 430 g/mol. The van der Waals surface area contributed by atoms with Crippen LogP contribution in [-0.2, 0) is 17.5 Å². The van der Waals surface area contributed by atoms with Gasteiger partial charge in [-0.15, -0.1) is 0 Å². The molecule has 1 aliphatic heterocycles. The number of carbonyl (C=O) groups is 1. The molecule has 1 aromatic carbocycles. The third kappa shape index (κ3) is 6.70. The predicted octanol–water partition coefficient (Wildman–Crippen LogP) is 3.39. The van der Waals surface area contributed by atoms with Gasteiger partial charge in [0.2, 0.25) is 0 Å². The molecule has 0 radical (unpaired) electrons. The lowest BCUT2D eigenvalue weighted by Crippen LogP contribution is -2.49. The van der Waals surface area contributed by atoms with Gasteiger partial charge in [-0.1, -0.05) is 6.07 Å². The highest BCUT2D eigenvalue weighted by Gasteiger charge is 2.33. The van der Waals surface area contributed by atoms with Crippen molar-refractivity contribution in [3.05, 3.63) is 29.3 Å². The van der Waals surface area contributed by atoms with Crippen LogP contribution >= 0.6 is 0 Å². The first-order valence-electron chi connectivity index (χ1n) is 9.99. The highest BCUT2D eigenvalue weighted by Crippen LogP contribution is 2.34. The summed E-state index contributed by atoms with van der Waals surface area (Å²) in [5.41, 5.74) is -0.693. The smallest absolute Gasteiger partial charge is 0.416 e. The number of nitrogens with zero attached hydrogens (tertiary/aromatic N) is 2. The predicted molar refractivity (Wildman–Crippen MR) is 108 cm³/mol. The first-order chi connectivity index (χ1) is 14.3. The second kappa shape index (κ2) is 10.9. The summed E-state index contributed by atoms with van der Waals surface area (Å²) in [6.45, 7) is 5.52. The van der Waals surface area contributed by atoms with Gasteiger partial charge >= 0.3 is 12.3 Å². The molecule has 0 atom stereocenters. The van der Waals surface area contributed by atoms with Crippen LogP contribution in [0.15, 0.2) is 23.2 Å². The highest BCUT2D eigenvalue weighted by atomic mass is 19.4. The maximum Gasteiger partial charge on any atom is 0.416 e. The van der Waals surface area contributed by atoms with Crippen molar-refractivity contribution < 1.29 is 27.4 Å². The molecule has 1 saturated heterocycles. The molecule has 0 aromatic heterocycles. The standard InChI is InChI=1S/C20H29F3N4O3/c1-4-24-18(26-15-8-10-27(11-9-15)19(28)30-5-2)25-13-14-6-7-16(29-3)12-17(14)20(21,22)23/h6-7,12,15H,4-5,8-11,13H2,1-3H3,(H2,24,25,26). The van der Waals surface area contributed by atoms with Gasteiger partial charge in [-0.2, -0.15) is 13.2 Å². The number of piperidine rings is 1. The van der Waals surface area contributed by atoms with E-state index < -0.39 is 11.7 Å². The number of carbonyl (C=O) groups excluding carboxylic acids is 1. The van der Waals surface area contributed by atoms with Crippen molar-refractivity contribution in [2.45, 2.75) is 45.5 Å². The number of aliphatic imine (C=N–C) groups is 1. The molecule has 1 heterocycles. The molecule has 1 amide bonds. The molecule has 10 heteroatoms. The van der Waals surface area contributed by atoms with Gasteiger partial charge in [0.05, 0.1) is 25.8 Å². The van der Waals surface area contributed by atoms with Crippen LogP contribution in [0.1, 0.15) is 37.8 Å². The Morgan fingerprint density at radius 1 is 1.27 bits per heavy atom. The van der Waals surface area contributed by atoms with Crippen LogP contribution < -0.4 is 15.4 Å². The summed E-state index contributed by atoms with van der Waals surface area (Å²) in [5, 5.41) is 6.32. The minimum absolute atomic E-state index is 0.0615. The van der Waals surface area contributed by atoms with E-state index in [-0.39, 0.29) is 30.0 Å². The number of amides is 1. The minimum atomic E-state index is -4.49. The Morgan fingerprint density at radius 2 is 1.97 bits per heavy atom. The van der Waals surface area contributed by atoms with Crippen molar-refractivity contribution in [3.8, 4) is 5.75 Å². The zero-order chi connectivity index (χ0) is 22.1. The largest absolute Gasteiger partial charge is 0.497 e. The van der Waals surface area contributed by atoms with Crippen LogP contribution in [0.2, 0.25) is 0 Å². The molecule has 168 valence electrons. The Kier molecular flexibility index (Phi) is 8.61. The molecule has 30 heavy (non-hydrogen) atoms. The summed E-state index contributed by atoms with van der Waals surface area (Å²) in [4.78, 5) is 17.8. The van der Waals surface area contributed by atoms with Crippen molar-refractivity contribution >= 4 is 12.1 Å². The van der Waals surface area contributed by atoms with Crippen LogP contribution in [0.3, 0.4) is 0 Å². The van der Waals surface area contributed by atoms with Crippen LogP contribution in [0.25, 0.3) is 0 Å². The van der Waals surface area contributed by atoms with Crippen LogP contribution in [0, 0.1) is 0 Å². The van der Waals surface area contributed by atoms with Crippen LogP contribution in [0.4, 0.5) is 18.0 Å². The lowest BCUT2D eigenvalue weighted by molar-refractivity contribution is -0.138. The lowest BCUT2D eigenvalue weighted by atomic mass is 10.1. The van der Waals surface area contributed by atoms with E-state index in [9.17, 15) is 18.0 Å². The molecule has 0 spiro atoms. The number of benzene rings is 1. The van der Waals surface area contributed by atoms with Crippen molar-refractivity contribution in [2.24, 2.45) is 4.99 Å². The topological polar surface area (TPSA) is 75.2 Å². The minimum Gasteiger partial charge on any atom is -0.497 e. The molecular formula is C20H29F3N4O3. The summed E-state index contributed by atoms with van der Waals surface area (Å²) in [6.07, 6.45) is -3.43. The molecule has 7 nitrogen and oxygen atoms in total. The van der Waals surface area contributed by atoms with E-state index in [0.29, 0.717) is 45.0 Å². The molecule has 1 aromatic rings. The van der Waals surface area contributed by atoms with Crippen molar-refractivity contribution in [1.29, 1.82) is 0 Å². The maximum absolute atomic E-state index is 13.4. The summed E-state index contributed by atoms with van der Waals surface area (Å²) in [5.74, 6) is 0.587. The second-order valence-corrected chi connectivity index (χ2v) is 6.82. The maximum atomic E-state index is 13.4. The molecular weight excluding hydrogens is 401 g/mol. The van der Waals surface area contributed by atoms with Gasteiger partial charge in [-0.25, -0.2) is 9.79 Å². The molecule has 0 aliphatic carbocycles. The first kappa shape index (κ1) is 23.6. The Morgan fingerprint density at radius 3 is 2.53 bits per heavy atom. The van der Waals surface area contributed by atoms with Gasteiger partial charge in [0.15, 0.2) is 5.96 Å². The van der Waals surface area contributed by atoms with E-state index in [1.165, 1.54) is 19.2 Å². The van der Waals surface area contributed by atoms with Crippen molar-refractivity contribution in [1.82, 2.24) is 15.5 Å².